The summed E-state index contributed by atoms with van der Waals surface area (Å²) in [4.78, 5) is 27.9. The molecule has 1 saturated heterocycles. The summed E-state index contributed by atoms with van der Waals surface area (Å²) in [6.45, 7) is 1.73. The number of primary amides is 1. The molecule has 0 aliphatic carbocycles. The minimum absolute atomic E-state index is 0.0613. The Balaban J connectivity index is 1.63. The molecule has 6 nitrogen and oxygen atoms in total. The van der Waals surface area contributed by atoms with Crippen molar-refractivity contribution in [2.45, 2.75) is 38.3 Å². The quantitative estimate of drug-likeness (QED) is 0.797. The third-order valence-corrected chi connectivity index (χ3v) is 5.48. The summed E-state index contributed by atoms with van der Waals surface area (Å²) in [5, 5.41) is 2.23. The molecule has 2 aromatic rings. The van der Waals surface area contributed by atoms with Crippen LogP contribution in [-0.2, 0) is 16.1 Å². The lowest BCUT2D eigenvalue weighted by Gasteiger charge is -2.35. The number of benzene rings is 2. The van der Waals surface area contributed by atoms with Crippen LogP contribution in [-0.4, -0.2) is 54.9 Å². The van der Waals surface area contributed by atoms with E-state index in [9.17, 15) is 9.59 Å². The van der Waals surface area contributed by atoms with Crippen LogP contribution >= 0.6 is 0 Å². The van der Waals surface area contributed by atoms with E-state index < -0.39 is 0 Å². The second-order valence-corrected chi connectivity index (χ2v) is 7.59. The van der Waals surface area contributed by atoms with Crippen molar-refractivity contribution in [3.05, 3.63) is 42.0 Å². The van der Waals surface area contributed by atoms with Crippen LogP contribution < -0.4 is 10.5 Å². The van der Waals surface area contributed by atoms with Gasteiger partial charge >= 0.3 is 0 Å². The maximum absolute atomic E-state index is 12.7. The normalized spacial score (nSPS) is 17.4. The summed E-state index contributed by atoms with van der Waals surface area (Å²) in [5.41, 5.74) is 6.46. The molecule has 1 heterocycles. The Morgan fingerprint density at radius 2 is 1.93 bits per heavy atom. The number of rotatable bonds is 7. The average Bonchev–Trinajstić information content (AvgIpc) is 2.68. The first kappa shape index (κ1) is 20.1. The Labute approximate surface area is 166 Å². The highest BCUT2D eigenvalue weighted by Gasteiger charge is 2.26. The second-order valence-electron chi connectivity index (χ2n) is 7.59. The highest BCUT2D eigenvalue weighted by molar-refractivity contribution is 5.85. The number of hydrogen-bond donors (Lipinski definition) is 1. The monoisotopic (exact) mass is 383 g/mol. The molecule has 1 aliphatic rings. The van der Waals surface area contributed by atoms with Gasteiger partial charge in [0, 0.05) is 26.1 Å². The number of nitrogens with zero attached hydrogens (tertiary/aromatic N) is 2. The van der Waals surface area contributed by atoms with Gasteiger partial charge in [-0.25, -0.2) is 0 Å². The summed E-state index contributed by atoms with van der Waals surface area (Å²) in [6.07, 6.45) is 3.39. The van der Waals surface area contributed by atoms with E-state index in [4.69, 9.17) is 10.5 Å². The molecule has 0 aromatic heterocycles. The van der Waals surface area contributed by atoms with Crippen LogP contribution in [0.25, 0.3) is 10.8 Å². The van der Waals surface area contributed by atoms with Crippen molar-refractivity contribution in [3.63, 3.8) is 0 Å². The number of fused-ring (bicyclic) bond motifs is 1. The third kappa shape index (κ3) is 5.01. The molecule has 28 heavy (non-hydrogen) atoms. The molecule has 1 fully saturated rings. The molecule has 6 heteroatoms. The van der Waals surface area contributed by atoms with Crippen molar-refractivity contribution in [2.75, 3.05) is 27.2 Å². The average molecular weight is 383 g/mol. The van der Waals surface area contributed by atoms with Crippen LogP contribution in [0.15, 0.2) is 36.4 Å². The first-order valence-corrected chi connectivity index (χ1v) is 9.79. The molecule has 0 unspecified atom stereocenters. The fraction of sp³-hybridized carbons (Fsp3) is 0.455. The van der Waals surface area contributed by atoms with Gasteiger partial charge in [0.05, 0.1) is 13.7 Å². The summed E-state index contributed by atoms with van der Waals surface area (Å²) in [7, 11) is 3.49. The highest BCUT2D eigenvalue weighted by Crippen LogP contribution is 2.23. The Hall–Kier alpha value is -2.60. The first-order valence-electron chi connectivity index (χ1n) is 9.79. The molecule has 1 atom stereocenters. The molecule has 3 rings (SSSR count). The Morgan fingerprint density at radius 3 is 2.68 bits per heavy atom. The molecular formula is C22H29N3O3. The van der Waals surface area contributed by atoms with Crippen LogP contribution in [0.5, 0.6) is 5.75 Å². The molecule has 0 saturated carbocycles. The van der Waals surface area contributed by atoms with Crippen LogP contribution in [0.3, 0.4) is 0 Å². The zero-order valence-electron chi connectivity index (χ0n) is 16.7. The van der Waals surface area contributed by atoms with E-state index in [1.807, 2.05) is 31.3 Å². The molecular weight excluding hydrogens is 354 g/mol. The van der Waals surface area contributed by atoms with E-state index in [-0.39, 0.29) is 17.9 Å². The molecule has 2 aromatic carbocycles. The molecule has 2 amide bonds. The number of hydrogen-bond acceptors (Lipinski definition) is 4. The van der Waals surface area contributed by atoms with Crippen LogP contribution in [0, 0.1) is 0 Å². The Bertz CT molecular complexity index is 852. The minimum Gasteiger partial charge on any atom is -0.497 e. The van der Waals surface area contributed by atoms with Gasteiger partial charge in [0.1, 0.15) is 5.75 Å². The van der Waals surface area contributed by atoms with E-state index in [1.165, 1.54) is 0 Å². The summed E-state index contributed by atoms with van der Waals surface area (Å²) in [6, 6.07) is 12.3. The van der Waals surface area contributed by atoms with Crippen molar-refractivity contribution in [2.24, 2.45) is 5.73 Å². The number of likely N-dealkylation sites (tertiary alicyclic amines) is 1. The molecule has 0 bridgehead atoms. The van der Waals surface area contributed by atoms with E-state index >= 15 is 0 Å². The lowest BCUT2D eigenvalue weighted by molar-refractivity contribution is -0.133. The van der Waals surface area contributed by atoms with Gasteiger partial charge in [0.15, 0.2) is 0 Å². The highest BCUT2D eigenvalue weighted by atomic mass is 16.5. The fourth-order valence-corrected chi connectivity index (χ4v) is 3.89. The van der Waals surface area contributed by atoms with Crippen LogP contribution in [0.2, 0.25) is 0 Å². The lowest BCUT2D eigenvalue weighted by Crippen LogP contribution is -2.47. The molecule has 0 radical (unpaired) electrons. The van der Waals surface area contributed by atoms with Crippen molar-refractivity contribution in [3.8, 4) is 5.75 Å². The number of carbonyl (C=O) groups excluding carboxylic acids is 2. The van der Waals surface area contributed by atoms with Gasteiger partial charge in [0.25, 0.3) is 0 Å². The van der Waals surface area contributed by atoms with Crippen molar-refractivity contribution in [1.82, 2.24) is 9.80 Å². The van der Waals surface area contributed by atoms with Crippen LogP contribution in [0.1, 0.15) is 31.2 Å². The molecule has 150 valence electrons. The van der Waals surface area contributed by atoms with E-state index in [2.05, 4.69) is 17.0 Å². The van der Waals surface area contributed by atoms with Gasteiger partial charge in [-0.05, 0) is 53.9 Å². The van der Waals surface area contributed by atoms with Gasteiger partial charge in [-0.1, -0.05) is 24.6 Å². The summed E-state index contributed by atoms with van der Waals surface area (Å²) >= 11 is 0. The topological polar surface area (TPSA) is 75.9 Å². The fourth-order valence-electron chi connectivity index (χ4n) is 3.89. The van der Waals surface area contributed by atoms with Gasteiger partial charge in [-0.3, -0.25) is 14.5 Å². The van der Waals surface area contributed by atoms with Gasteiger partial charge in [-0.15, -0.1) is 0 Å². The maximum atomic E-state index is 12.7. The first-order chi connectivity index (χ1) is 13.5. The number of carbonyl (C=O) groups is 2. The molecule has 1 aliphatic heterocycles. The van der Waals surface area contributed by atoms with E-state index in [1.54, 1.807) is 12.0 Å². The van der Waals surface area contributed by atoms with Gasteiger partial charge in [-0.2, -0.15) is 0 Å². The Morgan fingerprint density at radius 1 is 1.18 bits per heavy atom. The predicted molar refractivity (Wildman–Crippen MR) is 110 cm³/mol. The second kappa shape index (κ2) is 9.06. The zero-order valence-corrected chi connectivity index (χ0v) is 16.7. The van der Waals surface area contributed by atoms with E-state index in [0.29, 0.717) is 19.5 Å². The summed E-state index contributed by atoms with van der Waals surface area (Å²) in [5.74, 6) is 0.594. The van der Waals surface area contributed by atoms with Crippen LogP contribution in [0.4, 0.5) is 0 Å². The smallest absolute Gasteiger partial charge is 0.236 e. The summed E-state index contributed by atoms with van der Waals surface area (Å²) < 4.78 is 5.27. The SMILES string of the molecule is COc1ccc2cc(CN(C)C(=O)CN3CCCC[C@@H]3CC(N)=O)ccc2c1. The number of methoxy groups -OCH3 is 1. The maximum Gasteiger partial charge on any atom is 0.236 e. The van der Waals surface area contributed by atoms with Crippen molar-refractivity contribution >= 4 is 22.6 Å². The molecule has 2 N–H and O–H groups in total. The number of amides is 2. The minimum atomic E-state index is -0.300. The lowest BCUT2D eigenvalue weighted by atomic mass is 9.99. The number of nitrogens with two attached hydrogens (primary N) is 1. The molecule has 0 spiro atoms. The largest absolute Gasteiger partial charge is 0.497 e. The van der Waals surface area contributed by atoms with Crippen molar-refractivity contribution in [1.29, 1.82) is 0 Å². The Kier molecular flexibility index (Phi) is 6.52. The standard InChI is InChI=1S/C22H29N3O3/c1-24(22(27)15-25-10-4-3-5-19(25)13-21(23)26)14-16-6-7-18-12-20(28-2)9-8-17(18)11-16/h6-9,11-12,19H,3-5,10,13-15H2,1-2H3,(H2,23,26)/t19-/m1/s1. The number of likely N-dealkylation sites (N-methyl/N-ethyl adjacent to an activating group) is 1. The van der Waals surface area contributed by atoms with Gasteiger partial charge in [0.2, 0.25) is 11.8 Å². The third-order valence-electron chi connectivity index (χ3n) is 5.48. The van der Waals surface area contributed by atoms with Crippen molar-refractivity contribution < 1.29 is 14.3 Å². The van der Waals surface area contributed by atoms with Gasteiger partial charge < -0.3 is 15.4 Å². The van der Waals surface area contributed by atoms with E-state index in [0.717, 1.165) is 47.9 Å². The number of piperidine rings is 1. The predicted octanol–water partition coefficient (Wildman–Crippen LogP) is 2.54. The zero-order chi connectivity index (χ0) is 20.1. The number of ether oxygens (including phenoxy) is 1.